The lowest BCUT2D eigenvalue weighted by Gasteiger charge is -2.26. The first-order chi connectivity index (χ1) is 13.0. The van der Waals surface area contributed by atoms with Crippen LogP contribution in [0.2, 0.25) is 0 Å². The molecule has 140 valence electrons. The van der Waals surface area contributed by atoms with Crippen LogP contribution in [0.4, 0.5) is 4.39 Å². The fraction of sp³-hybridized carbons (Fsp3) is 0.211. The van der Waals surface area contributed by atoms with E-state index < -0.39 is 10.0 Å². The number of sulfonamides is 1. The minimum atomic E-state index is -3.59. The van der Waals surface area contributed by atoms with Crippen LogP contribution in [0.5, 0.6) is 0 Å². The maximum atomic E-state index is 13.2. The largest absolute Gasteiger partial charge is 0.367 e. The molecule has 1 N–H and O–H groups in total. The van der Waals surface area contributed by atoms with Crippen LogP contribution >= 0.6 is 0 Å². The highest BCUT2D eigenvalue weighted by atomic mass is 32.2. The van der Waals surface area contributed by atoms with Gasteiger partial charge in [-0.1, -0.05) is 18.2 Å². The Morgan fingerprint density at radius 1 is 1.15 bits per heavy atom. The summed E-state index contributed by atoms with van der Waals surface area (Å²) in [6.07, 6.45) is 1.40. The molecule has 6 nitrogen and oxygen atoms in total. The van der Waals surface area contributed by atoms with Gasteiger partial charge in [0, 0.05) is 6.54 Å². The molecule has 0 bridgehead atoms. The van der Waals surface area contributed by atoms with Crippen LogP contribution in [0.1, 0.15) is 5.82 Å². The van der Waals surface area contributed by atoms with Crippen LogP contribution in [0, 0.1) is 5.82 Å². The Kier molecular flexibility index (Phi) is 4.77. The Hall–Kier alpha value is -2.55. The molecule has 8 heteroatoms. The Bertz CT molecular complexity index is 1030. The molecule has 0 unspecified atom stereocenters. The van der Waals surface area contributed by atoms with Gasteiger partial charge in [0.05, 0.1) is 29.4 Å². The topological polar surface area (TPSA) is 73.2 Å². The van der Waals surface area contributed by atoms with Crippen LogP contribution in [0.15, 0.2) is 65.7 Å². The number of rotatable bonds is 5. The molecule has 1 aliphatic rings. The van der Waals surface area contributed by atoms with E-state index in [1.807, 2.05) is 4.57 Å². The molecule has 0 fully saturated rings. The number of aromatic nitrogens is 2. The van der Waals surface area contributed by atoms with Crippen LogP contribution < -0.4 is 4.72 Å². The van der Waals surface area contributed by atoms with Gasteiger partial charge in [-0.15, -0.1) is 0 Å². The smallest absolute Gasteiger partial charge is 0.240 e. The monoisotopic (exact) mass is 387 g/mol. The second kappa shape index (κ2) is 7.22. The van der Waals surface area contributed by atoms with Crippen molar-refractivity contribution < 1.29 is 17.5 Å². The summed E-state index contributed by atoms with van der Waals surface area (Å²) in [5.74, 6) is 0.463. The maximum Gasteiger partial charge on any atom is 0.240 e. The minimum Gasteiger partial charge on any atom is -0.367 e. The number of nitrogens with one attached hydrogen (secondary N) is 1. The van der Waals surface area contributed by atoms with E-state index in [2.05, 4.69) is 9.71 Å². The van der Waals surface area contributed by atoms with Gasteiger partial charge in [0.2, 0.25) is 10.0 Å². The number of fused-ring (bicyclic) bond motifs is 1. The number of halogens is 1. The van der Waals surface area contributed by atoms with Crippen LogP contribution in [-0.2, 0) is 27.9 Å². The van der Waals surface area contributed by atoms with Crippen molar-refractivity contribution in [3.63, 3.8) is 0 Å². The first kappa shape index (κ1) is 17.8. The quantitative estimate of drug-likeness (QED) is 0.730. The molecule has 0 amide bonds. The molecule has 0 aliphatic carbocycles. The van der Waals surface area contributed by atoms with Gasteiger partial charge in [-0.05, 0) is 42.0 Å². The van der Waals surface area contributed by atoms with Crippen molar-refractivity contribution in [3.05, 3.63) is 72.4 Å². The number of ether oxygens (including phenoxy) is 1. The SMILES string of the molecule is O=S(=O)(NC[C@H]1Cn2c(-c3ccc(F)cc3)cnc2CO1)c1ccccc1. The van der Waals surface area contributed by atoms with Crippen LogP contribution in [0.25, 0.3) is 11.3 Å². The van der Waals surface area contributed by atoms with Gasteiger partial charge in [0.25, 0.3) is 0 Å². The second-order valence-corrected chi connectivity index (χ2v) is 8.04. The third-order valence-electron chi connectivity index (χ3n) is 4.47. The van der Waals surface area contributed by atoms with Gasteiger partial charge >= 0.3 is 0 Å². The minimum absolute atomic E-state index is 0.151. The van der Waals surface area contributed by atoms with Gasteiger partial charge < -0.3 is 9.30 Å². The second-order valence-electron chi connectivity index (χ2n) is 6.28. The van der Waals surface area contributed by atoms with Crippen molar-refractivity contribution >= 4 is 10.0 Å². The number of hydrogen-bond acceptors (Lipinski definition) is 4. The fourth-order valence-electron chi connectivity index (χ4n) is 3.04. The first-order valence-corrected chi connectivity index (χ1v) is 9.98. The predicted molar refractivity (Wildman–Crippen MR) is 97.8 cm³/mol. The summed E-state index contributed by atoms with van der Waals surface area (Å²) in [4.78, 5) is 4.57. The summed E-state index contributed by atoms with van der Waals surface area (Å²) >= 11 is 0. The molecule has 0 spiro atoms. The van der Waals surface area contributed by atoms with E-state index in [9.17, 15) is 12.8 Å². The zero-order chi connectivity index (χ0) is 18.9. The van der Waals surface area contributed by atoms with Crippen molar-refractivity contribution in [3.8, 4) is 11.3 Å². The molecule has 4 rings (SSSR count). The average molecular weight is 387 g/mol. The summed E-state index contributed by atoms with van der Waals surface area (Å²) in [5, 5.41) is 0. The zero-order valence-electron chi connectivity index (χ0n) is 14.4. The number of imidazole rings is 1. The number of nitrogens with zero attached hydrogens (tertiary/aromatic N) is 2. The Balaban J connectivity index is 1.49. The van der Waals surface area contributed by atoms with E-state index in [1.54, 1.807) is 48.7 Å². The van der Waals surface area contributed by atoms with E-state index in [4.69, 9.17) is 4.74 Å². The van der Waals surface area contributed by atoms with Crippen molar-refractivity contribution in [2.75, 3.05) is 6.54 Å². The molecule has 1 aliphatic heterocycles. The molecule has 2 heterocycles. The highest BCUT2D eigenvalue weighted by Gasteiger charge is 2.24. The summed E-state index contributed by atoms with van der Waals surface area (Å²) in [6.45, 7) is 0.899. The standard InChI is InChI=1S/C19H18FN3O3S/c20-15-8-6-14(7-9-15)18-11-21-19-13-26-16(12-23(18)19)10-22-27(24,25)17-4-2-1-3-5-17/h1-9,11,16,22H,10,12-13H2/t16-/m0/s1. The van der Waals surface area contributed by atoms with Gasteiger partial charge in [0.1, 0.15) is 18.2 Å². The van der Waals surface area contributed by atoms with Crippen molar-refractivity contribution in [2.24, 2.45) is 0 Å². The van der Waals surface area contributed by atoms with E-state index >= 15 is 0 Å². The lowest BCUT2D eigenvalue weighted by molar-refractivity contribution is 0.00634. The summed E-state index contributed by atoms with van der Waals surface area (Å²) < 4.78 is 48.2. The molecule has 3 aromatic rings. The van der Waals surface area contributed by atoms with E-state index in [0.717, 1.165) is 17.1 Å². The third-order valence-corrected chi connectivity index (χ3v) is 5.91. The first-order valence-electron chi connectivity index (χ1n) is 8.49. The van der Waals surface area contributed by atoms with Crippen molar-refractivity contribution in [1.29, 1.82) is 0 Å². The van der Waals surface area contributed by atoms with Gasteiger partial charge in [0.15, 0.2) is 0 Å². The van der Waals surface area contributed by atoms with Crippen molar-refractivity contribution in [2.45, 2.75) is 24.2 Å². The lowest BCUT2D eigenvalue weighted by atomic mass is 10.1. The molecule has 0 saturated heterocycles. The van der Waals surface area contributed by atoms with Crippen molar-refractivity contribution in [1.82, 2.24) is 14.3 Å². The van der Waals surface area contributed by atoms with Gasteiger partial charge in [-0.2, -0.15) is 0 Å². The Morgan fingerprint density at radius 2 is 1.89 bits per heavy atom. The maximum absolute atomic E-state index is 13.2. The highest BCUT2D eigenvalue weighted by molar-refractivity contribution is 7.89. The zero-order valence-corrected chi connectivity index (χ0v) is 15.2. The third kappa shape index (κ3) is 3.78. The Labute approximate surface area is 156 Å². The predicted octanol–water partition coefficient (Wildman–Crippen LogP) is 2.57. The highest BCUT2D eigenvalue weighted by Crippen LogP contribution is 2.25. The molecule has 1 atom stereocenters. The number of benzene rings is 2. The van der Waals surface area contributed by atoms with E-state index in [-0.39, 0.29) is 23.4 Å². The summed E-state index contributed by atoms with van der Waals surface area (Å²) in [5.41, 5.74) is 1.70. The van der Waals surface area contributed by atoms with E-state index in [0.29, 0.717) is 13.2 Å². The average Bonchev–Trinajstić information content (AvgIpc) is 3.11. The van der Waals surface area contributed by atoms with Crippen LogP contribution in [-0.4, -0.2) is 30.6 Å². The fourth-order valence-corrected chi connectivity index (χ4v) is 4.13. The lowest BCUT2D eigenvalue weighted by Crippen LogP contribution is -2.38. The molecule has 2 aromatic carbocycles. The summed E-state index contributed by atoms with van der Waals surface area (Å²) in [7, 11) is -3.59. The molecular formula is C19H18FN3O3S. The van der Waals surface area contributed by atoms with Gasteiger partial charge in [-0.25, -0.2) is 22.5 Å². The molecule has 27 heavy (non-hydrogen) atoms. The normalized spacial score (nSPS) is 16.9. The molecule has 1 aromatic heterocycles. The molecule has 0 saturated carbocycles. The molecule has 0 radical (unpaired) electrons. The number of hydrogen-bond donors (Lipinski definition) is 1. The van der Waals surface area contributed by atoms with Crippen LogP contribution in [0.3, 0.4) is 0 Å². The van der Waals surface area contributed by atoms with E-state index in [1.165, 1.54) is 12.1 Å². The van der Waals surface area contributed by atoms with Gasteiger partial charge in [-0.3, -0.25) is 0 Å². The Morgan fingerprint density at radius 3 is 2.63 bits per heavy atom. The molecular weight excluding hydrogens is 369 g/mol. The summed E-state index contributed by atoms with van der Waals surface area (Å²) in [6, 6.07) is 14.4.